The summed E-state index contributed by atoms with van der Waals surface area (Å²) < 4.78 is 0. The summed E-state index contributed by atoms with van der Waals surface area (Å²) in [6, 6.07) is 6.88. The summed E-state index contributed by atoms with van der Waals surface area (Å²) in [5, 5.41) is 21.6. The largest absolute Gasteiger partial charge is 0.394 e. The van der Waals surface area contributed by atoms with Crippen molar-refractivity contribution in [3.8, 4) is 0 Å². The van der Waals surface area contributed by atoms with Crippen LogP contribution in [0.2, 0.25) is 0 Å². The first-order chi connectivity index (χ1) is 12.4. The van der Waals surface area contributed by atoms with Crippen LogP contribution in [0.5, 0.6) is 0 Å². The number of amidine groups is 1. The monoisotopic (exact) mass is 378 g/mol. The Bertz CT molecular complexity index is 724. The molecule has 1 saturated heterocycles. The highest BCUT2D eigenvalue weighted by Crippen LogP contribution is 2.30. The quantitative estimate of drug-likeness (QED) is 0.673. The predicted octanol–water partition coefficient (Wildman–Crippen LogP) is 0.129. The van der Waals surface area contributed by atoms with Gasteiger partial charge in [-0.05, 0) is 12.5 Å². The lowest BCUT2D eigenvalue weighted by Gasteiger charge is -2.36. The van der Waals surface area contributed by atoms with Gasteiger partial charge in [-0.3, -0.25) is 10.1 Å². The molecule has 3 unspecified atom stereocenters. The first-order valence-electron chi connectivity index (χ1n) is 8.30. The van der Waals surface area contributed by atoms with E-state index in [9.17, 15) is 14.7 Å². The second kappa shape index (κ2) is 7.65. The molecule has 140 valence electrons. The molecule has 3 rings (SSSR count). The molecule has 1 aromatic rings. The first kappa shape index (κ1) is 18.7. The lowest BCUT2D eigenvalue weighted by atomic mass is 10.1. The number of amides is 3. The molecule has 3 N–H and O–H groups in total. The van der Waals surface area contributed by atoms with E-state index in [1.807, 2.05) is 36.1 Å². The number of urea groups is 1. The van der Waals surface area contributed by atoms with E-state index < -0.39 is 24.3 Å². The maximum Gasteiger partial charge on any atom is 0.325 e. The maximum atomic E-state index is 12.5. The van der Waals surface area contributed by atoms with E-state index in [-0.39, 0.29) is 18.3 Å². The Balaban J connectivity index is 1.86. The van der Waals surface area contributed by atoms with Crippen LogP contribution in [0, 0.1) is 6.92 Å². The minimum Gasteiger partial charge on any atom is -0.394 e. The fourth-order valence-electron chi connectivity index (χ4n) is 2.90. The number of nitrogens with zero attached hydrogens (tertiary/aromatic N) is 3. The molecule has 2 aliphatic heterocycles. The molecule has 8 nitrogen and oxygen atoms in total. The van der Waals surface area contributed by atoms with Crippen LogP contribution in [-0.2, 0) is 11.3 Å². The van der Waals surface area contributed by atoms with Crippen LogP contribution in [0.4, 0.5) is 4.79 Å². The molecule has 3 atom stereocenters. The highest BCUT2D eigenvalue weighted by molar-refractivity contribution is 8.13. The minimum absolute atomic E-state index is 0.248. The van der Waals surface area contributed by atoms with Gasteiger partial charge < -0.3 is 20.0 Å². The van der Waals surface area contributed by atoms with E-state index in [1.54, 1.807) is 7.05 Å². The van der Waals surface area contributed by atoms with E-state index >= 15 is 0 Å². The number of nitrogens with one attached hydrogen (secondary N) is 1. The summed E-state index contributed by atoms with van der Waals surface area (Å²) in [7, 11) is 1.60. The van der Waals surface area contributed by atoms with Crippen molar-refractivity contribution < 1.29 is 19.8 Å². The van der Waals surface area contributed by atoms with Gasteiger partial charge in [0.1, 0.15) is 0 Å². The van der Waals surface area contributed by atoms with Crippen molar-refractivity contribution in [3.63, 3.8) is 0 Å². The Morgan fingerprint density at radius 1 is 1.31 bits per heavy atom. The number of fused-ring (bicyclic) bond motifs is 1. The number of benzene rings is 1. The number of aliphatic hydroxyl groups excluding tert-OH is 2. The highest BCUT2D eigenvalue weighted by atomic mass is 32.2. The minimum atomic E-state index is -0.875. The predicted molar refractivity (Wildman–Crippen MR) is 98.6 cm³/mol. The Kier molecular flexibility index (Phi) is 5.49. The van der Waals surface area contributed by atoms with Crippen molar-refractivity contribution in [3.05, 3.63) is 35.4 Å². The number of carbonyl (C=O) groups is 2. The third-order valence-corrected chi connectivity index (χ3v) is 5.56. The number of hydrogen-bond acceptors (Lipinski definition) is 7. The van der Waals surface area contributed by atoms with Gasteiger partial charge in [0.05, 0.1) is 12.7 Å². The van der Waals surface area contributed by atoms with Gasteiger partial charge in [-0.15, -0.1) is 0 Å². The molecule has 0 radical (unpaired) electrons. The fourth-order valence-corrected chi connectivity index (χ4v) is 3.87. The number of carbonyl (C=O) groups excluding carboxylic acids is 2. The van der Waals surface area contributed by atoms with E-state index in [1.165, 1.54) is 16.7 Å². The second-order valence-electron chi connectivity index (χ2n) is 6.44. The van der Waals surface area contributed by atoms with Crippen molar-refractivity contribution in [2.75, 3.05) is 19.4 Å². The topological polar surface area (TPSA) is 105 Å². The Labute approximate surface area is 155 Å². The molecule has 0 saturated carbocycles. The SMILES string of the molecule is Cc1ccc(CN2C(SCC(O)CO)=NC3C2C(=O)NC(=O)N3C)cc1. The molecule has 1 fully saturated rings. The molecule has 0 bridgehead atoms. The number of rotatable bonds is 5. The van der Waals surface area contributed by atoms with Crippen molar-refractivity contribution >= 4 is 28.9 Å². The van der Waals surface area contributed by atoms with E-state index in [2.05, 4.69) is 10.3 Å². The van der Waals surface area contributed by atoms with Gasteiger partial charge in [-0.1, -0.05) is 41.6 Å². The number of likely N-dealkylation sites (N-methyl/N-ethyl adjacent to an activating group) is 1. The molecule has 2 aliphatic rings. The number of aryl methyl sites for hydroxylation is 1. The lowest BCUT2D eigenvalue weighted by molar-refractivity contribution is -0.127. The molecular formula is C17H22N4O4S. The third-order valence-electron chi connectivity index (χ3n) is 4.41. The summed E-state index contributed by atoms with van der Waals surface area (Å²) in [6.07, 6.45) is -1.48. The molecular weight excluding hydrogens is 356 g/mol. The summed E-state index contributed by atoms with van der Waals surface area (Å²) in [5.74, 6) is -0.134. The van der Waals surface area contributed by atoms with Gasteiger partial charge in [0.25, 0.3) is 5.91 Å². The number of aliphatic hydroxyl groups is 2. The van der Waals surface area contributed by atoms with Crippen LogP contribution >= 0.6 is 11.8 Å². The molecule has 2 heterocycles. The maximum absolute atomic E-state index is 12.5. The summed E-state index contributed by atoms with van der Waals surface area (Å²) in [4.78, 5) is 32.2. The van der Waals surface area contributed by atoms with E-state index in [0.717, 1.165) is 11.1 Å². The average molecular weight is 378 g/mol. The molecule has 0 aliphatic carbocycles. The smallest absolute Gasteiger partial charge is 0.325 e. The van der Waals surface area contributed by atoms with E-state index in [4.69, 9.17) is 5.11 Å². The Hall–Kier alpha value is -2.10. The van der Waals surface area contributed by atoms with Gasteiger partial charge in [0.2, 0.25) is 0 Å². The molecule has 3 amide bonds. The van der Waals surface area contributed by atoms with Gasteiger partial charge in [0.15, 0.2) is 17.4 Å². The van der Waals surface area contributed by atoms with Crippen molar-refractivity contribution in [2.24, 2.45) is 4.99 Å². The second-order valence-corrected chi connectivity index (χ2v) is 7.42. The number of hydrogen-bond donors (Lipinski definition) is 3. The number of imide groups is 1. The van der Waals surface area contributed by atoms with Crippen LogP contribution in [-0.4, -0.2) is 74.8 Å². The van der Waals surface area contributed by atoms with Crippen LogP contribution in [0.3, 0.4) is 0 Å². The van der Waals surface area contributed by atoms with Crippen LogP contribution in [0.25, 0.3) is 0 Å². The van der Waals surface area contributed by atoms with Gasteiger partial charge >= 0.3 is 6.03 Å². The summed E-state index contributed by atoms with van der Waals surface area (Å²) in [5.41, 5.74) is 2.16. The summed E-state index contributed by atoms with van der Waals surface area (Å²) in [6.45, 7) is 2.12. The lowest BCUT2D eigenvalue weighted by Crippen LogP contribution is -2.63. The Morgan fingerprint density at radius 2 is 2.00 bits per heavy atom. The highest BCUT2D eigenvalue weighted by Gasteiger charge is 2.48. The molecule has 0 spiro atoms. The van der Waals surface area contributed by atoms with Crippen LogP contribution in [0.15, 0.2) is 29.3 Å². The third kappa shape index (κ3) is 3.69. The van der Waals surface area contributed by atoms with Crippen molar-refractivity contribution in [2.45, 2.75) is 31.8 Å². The van der Waals surface area contributed by atoms with Crippen molar-refractivity contribution in [1.82, 2.24) is 15.1 Å². The van der Waals surface area contributed by atoms with E-state index in [0.29, 0.717) is 11.7 Å². The fraction of sp³-hybridized carbons (Fsp3) is 0.471. The average Bonchev–Trinajstić information content (AvgIpc) is 2.98. The molecule has 0 aromatic heterocycles. The molecule has 1 aromatic carbocycles. The van der Waals surface area contributed by atoms with Gasteiger partial charge in [-0.2, -0.15) is 0 Å². The van der Waals surface area contributed by atoms with Gasteiger partial charge in [0, 0.05) is 19.3 Å². The first-order valence-corrected chi connectivity index (χ1v) is 9.28. The zero-order chi connectivity index (χ0) is 18.8. The normalized spacial score (nSPS) is 23.6. The van der Waals surface area contributed by atoms with Crippen LogP contribution in [0.1, 0.15) is 11.1 Å². The zero-order valence-electron chi connectivity index (χ0n) is 14.6. The van der Waals surface area contributed by atoms with Crippen molar-refractivity contribution in [1.29, 1.82) is 0 Å². The Morgan fingerprint density at radius 3 is 2.65 bits per heavy atom. The van der Waals surface area contributed by atoms with Gasteiger partial charge in [-0.25, -0.2) is 9.79 Å². The zero-order valence-corrected chi connectivity index (χ0v) is 15.4. The number of aliphatic imine (C=N–C) groups is 1. The molecule has 26 heavy (non-hydrogen) atoms. The molecule has 9 heteroatoms. The number of thioether (sulfide) groups is 1. The standard InChI is InChI=1S/C17H22N4O4S/c1-10-3-5-11(6-4-10)7-21-13-14(20(2)16(25)19-15(13)24)18-17(21)26-9-12(23)8-22/h3-6,12-14,22-23H,7-9H2,1-2H3,(H,19,24,25). The summed E-state index contributed by atoms with van der Waals surface area (Å²) >= 11 is 1.27. The van der Waals surface area contributed by atoms with Crippen LogP contribution < -0.4 is 5.32 Å².